The average Bonchev–Trinajstić information content (AvgIpc) is 2.77. The SMILES string of the molecule is COc1cc(C(=O)N2CCN(c3ccc([N+](=O)[O-])cc3)CC2)cc(Cl)c1OCC(N)=O. The number of benzene rings is 2. The summed E-state index contributed by atoms with van der Waals surface area (Å²) in [6.45, 7) is 1.72. The van der Waals surface area contributed by atoms with Crippen LogP contribution in [0.2, 0.25) is 5.02 Å². The van der Waals surface area contributed by atoms with Crippen molar-refractivity contribution in [2.24, 2.45) is 5.73 Å². The fourth-order valence-electron chi connectivity index (χ4n) is 3.26. The largest absolute Gasteiger partial charge is 0.493 e. The lowest BCUT2D eigenvalue weighted by Crippen LogP contribution is -2.48. The minimum Gasteiger partial charge on any atom is -0.493 e. The number of anilines is 1. The van der Waals surface area contributed by atoms with Crippen LogP contribution in [-0.4, -0.2) is 61.5 Å². The number of ether oxygens (including phenoxy) is 2. The maximum atomic E-state index is 13.0. The Bertz CT molecular complexity index is 990. The normalized spacial score (nSPS) is 13.6. The lowest BCUT2D eigenvalue weighted by atomic mass is 10.1. The van der Waals surface area contributed by atoms with Gasteiger partial charge < -0.3 is 25.0 Å². The highest BCUT2D eigenvalue weighted by Crippen LogP contribution is 2.37. The first-order valence-electron chi connectivity index (χ1n) is 9.37. The molecule has 11 heteroatoms. The Morgan fingerprint density at radius 2 is 1.81 bits per heavy atom. The smallest absolute Gasteiger partial charge is 0.269 e. The van der Waals surface area contributed by atoms with E-state index in [-0.39, 0.29) is 34.7 Å². The lowest BCUT2D eigenvalue weighted by molar-refractivity contribution is -0.384. The van der Waals surface area contributed by atoms with Crippen molar-refractivity contribution in [2.75, 3.05) is 44.8 Å². The van der Waals surface area contributed by atoms with E-state index in [9.17, 15) is 19.7 Å². The first-order chi connectivity index (χ1) is 14.8. The van der Waals surface area contributed by atoms with Crippen molar-refractivity contribution in [3.63, 3.8) is 0 Å². The zero-order valence-electron chi connectivity index (χ0n) is 16.7. The van der Waals surface area contributed by atoms with Gasteiger partial charge in [-0.2, -0.15) is 0 Å². The lowest BCUT2D eigenvalue weighted by Gasteiger charge is -2.36. The highest BCUT2D eigenvalue weighted by Gasteiger charge is 2.25. The van der Waals surface area contributed by atoms with Crippen LogP contribution < -0.4 is 20.1 Å². The average molecular weight is 449 g/mol. The van der Waals surface area contributed by atoms with Crippen molar-refractivity contribution >= 4 is 34.8 Å². The molecule has 0 aromatic heterocycles. The van der Waals surface area contributed by atoms with Gasteiger partial charge in [0.25, 0.3) is 17.5 Å². The number of non-ortho nitro benzene ring substituents is 1. The van der Waals surface area contributed by atoms with Gasteiger partial charge in [-0.15, -0.1) is 0 Å². The molecule has 1 saturated heterocycles. The molecule has 1 fully saturated rings. The summed E-state index contributed by atoms with van der Waals surface area (Å²) in [6.07, 6.45) is 0. The van der Waals surface area contributed by atoms with E-state index in [0.29, 0.717) is 31.7 Å². The molecule has 0 radical (unpaired) electrons. The minimum absolute atomic E-state index is 0.0339. The molecule has 1 aliphatic rings. The Morgan fingerprint density at radius 3 is 2.35 bits per heavy atom. The number of hydrogen-bond acceptors (Lipinski definition) is 7. The van der Waals surface area contributed by atoms with Gasteiger partial charge in [0, 0.05) is 49.6 Å². The van der Waals surface area contributed by atoms with Gasteiger partial charge in [-0.3, -0.25) is 19.7 Å². The van der Waals surface area contributed by atoms with Crippen LogP contribution in [0.25, 0.3) is 0 Å². The van der Waals surface area contributed by atoms with Gasteiger partial charge in [0.05, 0.1) is 17.1 Å². The Kier molecular flexibility index (Phi) is 6.81. The standard InChI is InChI=1S/C20H21ClN4O6/c1-30-17-11-13(10-16(21)19(17)31-12-18(22)26)20(27)24-8-6-23(7-9-24)14-2-4-15(5-3-14)25(28)29/h2-5,10-11H,6-9,12H2,1H3,(H2,22,26). The van der Waals surface area contributed by atoms with Crippen molar-refractivity contribution in [2.45, 2.75) is 0 Å². The maximum Gasteiger partial charge on any atom is 0.269 e. The minimum atomic E-state index is -0.663. The molecule has 0 aliphatic carbocycles. The molecule has 0 saturated carbocycles. The van der Waals surface area contributed by atoms with E-state index in [2.05, 4.69) is 4.90 Å². The first kappa shape index (κ1) is 22.2. The first-order valence-corrected chi connectivity index (χ1v) is 9.75. The molecule has 2 amide bonds. The van der Waals surface area contributed by atoms with Gasteiger partial charge in [-0.1, -0.05) is 11.6 Å². The second-order valence-corrected chi connectivity index (χ2v) is 7.20. The molecule has 0 spiro atoms. The quantitative estimate of drug-likeness (QED) is 0.507. The summed E-state index contributed by atoms with van der Waals surface area (Å²) in [4.78, 5) is 38.0. The molecule has 10 nitrogen and oxygen atoms in total. The number of primary amides is 1. The van der Waals surface area contributed by atoms with E-state index in [0.717, 1.165) is 5.69 Å². The third-order valence-electron chi connectivity index (χ3n) is 4.83. The van der Waals surface area contributed by atoms with Gasteiger partial charge in [0.2, 0.25) is 0 Å². The molecular formula is C20H21ClN4O6. The van der Waals surface area contributed by atoms with E-state index >= 15 is 0 Å². The second-order valence-electron chi connectivity index (χ2n) is 6.80. The summed E-state index contributed by atoms with van der Waals surface area (Å²) < 4.78 is 10.5. The van der Waals surface area contributed by atoms with Crippen LogP contribution in [-0.2, 0) is 4.79 Å². The molecule has 3 rings (SSSR count). The van der Waals surface area contributed by atoms with E-state index < -0.39 is 10.8 Å². The summed E-state index contributed by atoms with van der Waals surface area (Å²) in [7, 11) is 1.40. The van der Waals surface area contributed by atoms with Crippen LogP contribution in [0.3, 0.4) is 0 Å². The highest BCUT2D eigenvalue weighted by molar-refractivity contribution is 6.32. The zero-order valence-corrected chi connectivity index (χ0v) is 17.5. The number of carbonyl (C=O) groups excluding carboxylic acids is 2. The number of amides is 2. The van der Waals surface area contributed by atoms with Crippen LogP contribution in [0.15, 0.2) is 36.4 Å². The van der Waals surface area contributed by atoms with E-state index in [4.69, 9.17) is 26.8 Å². The third kappa shape index (κ3) is 5.15. The number of hydrogen-bond donors (Lipinski definition) is 1. The van der Waals surface area contributed by atoms with Crippen LogP contribution in [0, 0.1) is 10.1 Å². The summed E-state index contributed by atoms with van der Waals surface area (Å²) in [5.74, 6) is -0.515. The number of nitrogens with zero attached hydrogens (tertiary/aromatic N) is 3. The summed E-state index contributed by atoms with van der Waals surface area (Å²) in [5, 5.41) is 10.9. The van der Waals surface area contributed by atoms with Crippen molar-refractivity contribution < 1.29 is 24.0 Å². The predicted octanol–water partition coefficient (Wildman–Crippen LogP) is 2.08. The van der Waals surface area contributed by atoms with Crippen LogP contribution in [0.5, 0.6) is 11.5 Å². The number of carbonyl (C=O) groups is 2. The number of nitro groups is 1. The molecule has 0 bridgehead atoms. The number of methoxy groups -OCH3 is 1. The molecule has 164 valence electrons. The van der Waals surface area contributed by atoms with Gasteiger partial charge in [0.1, 0.15) is 0 Å². The number of piperazine rings is 1. The Hall–Kier alpha value is -3.53. The van der Waals surface area contributed by atoms with Gasteiger partial charge in [-0.05, 0) is 24.3 Å². The van der Waals surface area contributed by atoms with Crippen molar-refractivity contribution in [3.05, 3.63) is 57.1 Å². The topological polar surface area (TPSA) is 128 Å². The van der Waals surface area contributed by atoms with Crippen LogP contribution in [0.4, 0.5) is 11.4 Å². The molecule has 2 aromatic rings. The fraction of sp³-hybridized carbons (Fsp3) is 0.300. The molecule has 1 aliphatic heterocycles. The van der Waals surface area contributed by atoms with Gasteiger partial charge in [-0.25, -0.2) is 0 Å². The van der Waals surface area contributed by atoms with Crippen molar-refractivity contribution in [1.29, 1.82) is 0 Å². The number of nitro benzene ring substituents is 1. The van der Waals surface area contributed by atoms with Crippen molar-refractivity contribution in [3.8, 4) is 11.5 Å². The predicted molar refractivity (Wildman–Crippen MR) is 114 cm³/mol. The van der Waals surface area contributed by atoms with Gasteiger partial charge >= 0.3 is 0 Å². The second kappa shape index (κ2) is 9.52. The summed E-state index contributed by atoms with van der Waals surface area (Å²) >= 11 is 6.23. The Morgan fingerprint density at radius 1 is 1.16 bits per heavy atom. The Labute approximate surface area is 183 Å². The number of halogens is 1. The van der Waals surface area contributed by atoms with Crippen LogP contribution in [0.1, 0.15) is 10.4 Å². The highest BCUT2D eigenvalue weighted by atomic mass is 35.5. The Balaban J connectivity index is 1.68. The van der Waals surface area contributed by atoms with E-state index in [1.807, 2.05) is 0 Å². The molecule has 0 unspecified atom stereocenters. The number of rotatable bonds is 7. The fourth-order valence-corrected chi connectivity index (χ4v) is 3.53. The van der Waals surface area contributed by atoms with Crippen molar-refractivity contribution in [1.82, 2.24) is 4.90 Å². The molecule has 0 atom stereocenters. The summed E-state index contributed by atoms with van der Waals surface area (Å²) in [5.41, 5.74) is 6.31. The molecule has 1 heterocycles. The third-order valence-corrected chi connectivity index (χ3v) is 5.11. The van der Waals surface area contributed by atoms with Gasteiger partial charge in [0.15, 0.2) is 18.1 Å². The molecule has 31 heavy (non-hydrogen) atoms. The van der Waals surface area contributed by atoms with Crippen LogP contribution >= 0.6 is 11.6 Å². The summed E-state index contributed by atoms with van der Waals surface area (Å²) in [6, 6.07) is 9.29. The monoisotopic (exact) mass is 448 g/mol. The zero-order chi connectivity index (χ0) is 22.5. The maximum absolute atomic E-state index is 13.0. The van der Waals surface area contributed by atoms with E-state index in [1.54, 1.807) is 17.0 Å². The molecule has 2 N–H and O–H groups in total. The molecule has 2 aromatic carbocycles. The van der Waals surface area contributed by atoms with E-state index in [1.165, 1.54) is 31.4 Å². The number of nitrogens with two attached hydrogens (primary N) is 1. The molecular weight excluding hydrogens is 428 g/mol.